The van der Waals surface area contributed by atoms with Gasteiger partial charge in [-0.2, -0.15) is 0 Å². The average molecular weight is 367 g/mol. The van der Waals surface area contributed by atoms with E-state index in [1.807, 2.05) is 26.1 Å². The van der Waals surface area contributed by atoms with Crippen molar-refractivity contribution in [3.8, 4) is 11.5 Å². The van der Waals surface area contributed by atoms with Crippen molar-refractivity contribution >= 4 is 17.7 Å². The number of hydrogen-bond donors (Lipinski definition) is 0. The molecule has 0 amide bonds. The quantitative estimate of drug-likeness (QED) is 0.441. The fraction of sp³-hybridized carbons (Fsp3) is 0.391. The van der Waals surface area contributed by atoms with Crippen molar-refractivity contribution in [2.75, 3.05) is 7.11 Å². The van der Waals surface area contributed by atoms with E-state index >= 15 is 0 Å². The fourth-order valence-corrected chi connectivity index (χ4v) is 3.02. The molecular formula is C23H29NO3. The number of aliphatic imine (C=N–C) groups is 1. The van der Waals surface area contributed by atoms with Gasteiger partial charge in [0.15, 0.2) is 17.3 Å². The number of ether oxygens (including phenoxy) is 2. The molecule has 0 bridgehead atoms. The molecule has 0 saturated heterocycles. The summed E-state index contributed by atoms with van der Waals surface area (Å²) in [6, 6.07) is 11.9. The molecule has 0 heterocycles. The molecule has 0 spiro atoms. The molecule has 2 rings (SSSR count). The Labute approximate surface area is 162 Å². The number of ketones is 1. The highest BCUT2D eigenvalue weighted by Gasteiger charge is 2.16. The third kappa shape index (κ3) is 5.19. The minimum absolute atomic E-state index is 0.00531. The molecule has 0 radical (unpaired) electrons. The molecule has 1 unspecified atom stereocenters. The fourth-order valence-electron chi connectivity index (χ4n) is 3.02. The number of methoxy groups -OCH3 is 1. The first kappa shape index (κ1) is 20.7. The van der Waals surface area contributed by atoms with Crippen molar-refractivity contribution in [2.24, 2.45) is 4.99 Å². The maximum absolute atomic E-state index is 12.1. The zero-order chi connectivity index (χ0) is 20.0. The highest BCUT2D eigenvalue weighted by Crippen LogP contribution is 2.36. The van der Waals surface area contributed by atoms with Gasteiger partial charge in [0.05, 0.1) is 18.9 Å². The van der Waals surface area contributed by atoms with Gasteiger partial charge in [-0.15, -0.1) is 0 Å². The van der Waals surface area contributed by atoms with Gasteiger partial charge in [0, 0.05) is 23.8 Å². The van der Waals surface area contributed by atoms with Crippen LogP contribution in [0.25, 0.3) is 0 Å². The minimum atomic E-state index is -0.0573. The van der Waals surface area contributed by atoms with Crippen LogP contribution in [-0.2, 0) is 6.42 Å². The Bertz CT molecular complexity index is 824. The van der Waals surface area contributed by atoms with Crippen LogP contribution in [0.3, 0.4) is 0 Å². The smallest absolute Gasteiger partial charge is 0.163 e. The Morgan fingerprint density at radius 2 is 1.85 bits per heavy atom. The SMILES string of the molecule is CCc1ccccc1C(C)C=Nc1cc(OC(C)C)c(OC)cc1C(C)=O. The molecule has 0 saturated carbocycles. The van der Waals surface area contributed by atoms with Crippen LogP contribution in [0.1, 0.15) is 62.0 Å². The topological polar surface area (TPSA) is 47.9 Å². The van der Waals surface area contributed by atoms with E-state index in [9.17, 15) is 4.79 Å². The largest absolute Gasteiger partial charge is 0.493 e. The van der Waals surface area contributed by atoms with E-state index in [-0.39, 0.29) is 17.8 Å². The van der Waals surface area contributed by atoms with Crippen molar-refractivity contribution in [1.29, 1.82) is 0 Å². The molecule has 0 aliphatic carbocycles. The third-order valence-electron chi connectivity index (χ3n) is 4.39. The summed E-state index contributed by atoms with van der Waals surface area (Å²) in [5, 5.41) is 0. The second kappa shape index (κ2) is 9.36. The van der Waals surface area contributed by atoms with Gasteiger partial charge in [0.1, 0.15) is 0 Å². The Morgan fingerprint density at radius 3 is 2.44 bits per heavy atom. The Kier molecular flexibility index (Phi) is 7.17. The van der Waals surface area contributed by atoms with Crippen LogP contribution in [-0.4, -0.2) is 25.2 Å². The molecule has 4 heteroatoms. The van der Waals surface area contributed by atoms with Gasteiger partial charge in [0.25, 0.3) is 0 Å². The van der Waals surface area contributed by atoms with Gasteiger partial charge >= 0.3 is 0 Å². The molecule has 27 heavy (non-hydrogen) atoms. The first-order chi connectivity index (χ1) is 12.9. The lowest BCUT2D eigenvalue weighted by atomic mass is 9.95. The number of Topliss-reactive ketones (excluding diaryl/α,β-unsaturated/α-hetero) is 1. The van der Waals surface area contributed by atoms with Crippen molar-refractivity contribution in [2.45, 2.75) is 53.1 Å². The lowest BCUT2D eigenvalue weighted by Crippen LogP contribution is -2.07. The Morgan fingerprint density at radius 1 is 1.15 bits per heavy atom. The van der Waals surface area contributed by atoms with Crippen molar-refractivity contribution in [1.82, 2.24) is 0 Å². The number of benzene rings is 2. The summed E-state index contributed by atoms with van der Waals surface area (Å²) < 4.78 is 11.2. The molecule has 0 fully saturated rings. The second-order valence-electron chi connectivity index (χ2n) is 6.86. The number of rotatable bonds is 8. The predicted molar refractivity (Wildman–Crippen MR) is 111 cm³/mol. The number of aryl methyl sites for hydroxylation is 1. The van der Waals surface area contributed by atoms with E-state index < -0.39 is 0 Å². The molecule has 2 aromatic rings. The predicted octanol–water partition coefficient (Wildman–Crippen LogP) is 5.75. The molecule has 0 N–H and O–H groups in total. The summed E-state index contributed by atoms with van der Waals surface area (Å²) in [7, 11) is 1.57. The maximum Gasteiger partial charge on any atom is 0.163 e. The normalized spacial score (nSPS) is 12.4. The molecule has 0 aliphatic heterocycles. The lowest BCUT2D eigenvalue weighted by molar-refractivity contribution is 0.101. The summed E-state index contributed by atoms with van der Waals surface area (Å²) in [6.45, 7) is 9.69. The van der Waals surface area contributed by atoms with Crippen LogP contribution in [0.5, 0.6) is 11.5 Å². The highest BCUT2D eigenvalue weighted by atomic mass is 16.5. The van der Waals surface area contributed by atoms with Gasteiger partial charge in [-0.05, 0) is 44.4 Å². The standard InChI is InChI=1S/C23H29NO3/c1-7-18-10-8-9-11-19(18)16(4)14-24-21-13-23(27-15(2)3)22(26-6)12-20(21)17(5)25/h8-16H,7H2,1-6H3. The summed E-state index contributed by atoms with van der Waals surface area (Å²) in [6.07, 6.45) is 2.86. The van der Waals surface area contributed by atoms with E-state index in [1.54, 1.807) is 19.2 Å². The van der Waals surface area contributed by atoms with Gasteiger partial charge in [-0.3, -0.25) is 9.79 Å². The second-order valence-corrected chi connectivity index (χ2v) is 6.86. The molecule has 4 nitrogen and oxygen atoms in total. The number of carbonyl (C=O) groups excluding carboxylic acids is 1. The average Bonchev–Trinajstić information content (AvgIpc) is 2.65. The van der Waals surface area contributed by atoms with Gasteiger partial charge in [-0.1, -0.05) is 38.1 Å². The van der Waals surface area contributed by atoms with E-state index in [4.69, 9.17) is 9.47 Å². The van der Waals surface area contributed by atoms with Crippen LogP contribution in [0.15, 0.2) is 41.4 Å². The number of hydrogen-bond acceptors (Lipinski definition) is 4. The number of carbonyl (C=O) groups is 1. The van der Waals surface area contributed by atoms with Crippen LogP contribution in [0.2, 0.25) is 0 Å². The monoisotopic (exact) mass is 367 g/mol. The molecular weight excluding hydrogens is 338 g/mol. The van der Waals surface area contributed by atoms with Crippen LogP contribution >= 0.6 is 0 Å². The zero-order valence-electron chi connectivity index (χ0n) is 17.1. The van der Waals surface area contributed by atoms with E-state index in [0.717, 1.165) is 6.42 Å². The van der Waals surface area contributed by atoms with Crippen LogP contribution in [0.4, 0.5) is 5.69 Å². The molecule has 1 atom stereocenters. The van der Waals surface area contributed by atoms with E-state index in [0.29, 0.717) is 22.7 Å². The van der Waals surface area contributed by atoms with Gasteiger partial charge in [0.2, 0.25) is 0 Å². The maximum atomic E-state index is 12.1. The zero-order valence-corrected chi connectivity index (χ0v) is 17.1. The summed E-state index contributed by atoms with van der Waals surface area (Å²) in [5.74, 6) is 1.21. The molecule has 144 valence electrons. The van der Waals surface area contributed by atoms with Crippen molar-refractivity contribution < 1.29 is 14.3 Å². The van der Waals surface area contributed by atoms with Gasteiger partial charge < -0.3 is 9.47 Å². The van der Waals surface area contributed by atoms with Crippen LogP contribution in [0, 0.1) is 0 Å². The lowest BCUT2D eigenvalue weighted by Gasteiger charge is -2.16. The van der Waals surface area contributed by atoms with Crippen LogP contribution < -0.4 is 9.47 Å². The highest BCUT2D eigenvalue weighted by molar-refractivity contribution is 6.00. The number of nitrogens with zero attached hydrogens (tertiary/aromatic N) is 1. The van der Waals surface area contributed by atoms with Crippen molar-refractivity contribution in [3.05, 3.63) is 53.1 Å². The van der Waals surface area contributed by atoms with E-state index in [2.05, 4.69) is 37.0 Å². The Balaban J connectivity index is 2.43. The summed E-state index contributed by atoms with van der Waals surface area (Å²) in [5.41, 5.74) is 3.68. The Hall–Kier alpha value is -2.62. The molecule has 0 aromatic heterocycles. The first-order valence-corrected chi connectivity index (χ1v) is 9.38. The molecule has 0 aliphatic rings. The minimum Gasteiger partial charge on any atom is -0.493 e. The van der Waals surface area contributed by atoms with Crippen molar-refractivity contribution in [3.63, 3.8) is 0 Å². The molecule has 2 aromatic carbocycles. The van der Waals surface area contributed by atoms with E-state index in [1.165, 1.54) is 18.1 Å². The summed E-state index contributed by atoms with van der Waals surface area (Å²) in [4.78, 5) is 16.8. The summed E-state index contributed by atoms with van der Waals surface area (Å²) >= 11 is 0. The van der Waals surface area contributed by atoms with Gasteiger partial charge in [-0.25, -0.2) is 0 Å². The third-order valence-corrected chi connectivity index (χ3v) is 4.39. The first-order valence-electron chi connectivity index (χ1n) is 9.38.